The molecular formula is C8H15NO. The quantitative estimate of drug-likeness (QED) is 0.545. The fourth-order valence-corrected chi connectivity index (χ4v) is 1.56. The van der Waals surface area contributed by atoms with E-state index < -0.39 is 0 Å². The lowest BCUT2D eigenvalue weighted by Gasteiger charge is -2.45. The van der Waals surface area contributed by atoms with Gasteiger partial charge in [-0.15, -0.1) is 0 Å². The van der Waals surface area contributed by atoms with Crippen LogP contribution in [0.5, 0.6) is 0 Å². The maximum Gasteiger partial charge on any atom is 0.121 e. The average molecular weight is 141 g/mol. The Kier molecular flexibility index (Phi) is 2.09. The highest BCUT2D eigenvalue weighted by Crippen LogP contribution is 2.27. The summed E-state index contributed by atoms with van der Waals surface area (Å²) >= 11 is 0. The Balaban J connectivity index is 2.08. The van der Waals surface area contributed by atoms with Crippen LogP contribution in [0.1, 0.15) is 20.3 Å². The first-order valence-corrected chi connectivity index (χ1v) is 3.80. The fourth-order valence-electron chi connectivity index (χ4n) is 1.56. The molecule has 0 aliphatic carbocycles. The summed E-state index contributed by atoms with van der Waals surface area (Å²) in [6.45, 7) is 7.77. The van der Waals surface area contributed by atoms with E-state index in [2.05, 4.69) is 18.7 Å². The number of carbonyl (C=O) groups is 1. The van der Waals surface area contributed by atoms with Crippen LogP contribution in [0, 0.1) is 5.41 Å². The van der Waals surface area contributed by atoms with E-state index >= 15 is 0 Å². The van der Waals surface area contributed by atoms with Crippen LogP contribution in [-0.2, 0) is 4.79 Å². The van der Waals surface area contributed by atoms with E-state index in [1.54, 1.807) is 0 Å². The van der Waals surface area contributed by atoms with Crippen molar-refractivity contribution in [2.24, 2.45) is 5.41 Å². The third kappa shape index (κ3) is 1.81. The molecule has 1 fully saturated rings. The largest absolute Gasteiger partial charge is 0.303 e. The Bertz CT molecular complexity index is 123. The first-order chi connectivity index (χ1) is 4.64. The molecule has 10 heavy (non-hydrogen) atoms. The van der Waals surface area contributed by atoms with Gasteiger partial charge in [0.2, 0.25) is 0 Å². The predicted octanol–water partition coefficient (Wildman–Crippen LogP) is 0.917. The summed E-state index contributed by atoms with van der Waals surface area (Å²) < 4.78 is 0. The molecule has 0 aromatic rings. The minimum atomic E-state index is 0.503. The van der Waals surface area contributed by atoms with Gasteiger partial charge in [-0.25, -0.2) is 0 Å². The smallest absolute Gasteiger partial charge is 0.121 e. The molecule has 2 heteroatoms. The Morgan fingerprint density at radius 2 is 2.10 bits per heavy atom. The molecule has 0 saturated carbocycles. The average Bonchev–Trinajstić information content (AvgIpc) is 1.78. The van der Waals surface area contributed by atoms with Crippen LogP contribution in [-0.4, -0.2) is 30.8 Å². The van der Waals surface area contributed by atoms with E-state index in [1.807, 2.05) is 0 Å². The lowest BCUT2D eigenvalue weighted by Crippen LogP contribution is -2.52. The zero-order chi connectivity index (χ0) is 7.61. The van der Waals surface area contributed by atoms with Crippen LogP contribution < -0.4 is 0 Å². The zero-order valence-electron chi connectivity index (χ0n) is 6.76. The molecule has 58 valence electrons. The second kappa shape index (κ2) is 2.70. The van der Waals surface area contributed by atoms with Crippen molar-refractivity contribution in [2.45, 2.75) is 20.3 Å². The molecule has 1 heterocycles. The molecule has 1 aliphatic rings. The molecule has 0 spiro atoms. The molecule has 0 amide bonds. The summed E-state index contributed by atoms with van der Waals surface area (Å²) in [6.07, 6.45) is 1.68. The Hall–Kier alpha value is -0.370. The summed E-state index contributed by atoms with van der Waals surface area (Å²) in [5, 5.41) is 0. The molecule has 0 atom stereocenters. The van der Waals surface area contributed by atoms with Gasteiger partial charge in [-0.3, -0.25) is 0 Å². The lowest BCUT2D eigenvalue weighted by molar-refractivity contribution is -0.108. The van der Waals surface area contributed by atoms with Gasteiger partial charge in [-0.2, -0.15) is 0 Å². The summed E-state index contributed by atoms with van der Waals surface area (Å²) in [5.74, 6) is 0. The Labute approximate surface area is 62.2 Å². The molecule has 2 nitrogen and oxygen atoms in total. The van der Waals surface area contributed by atoms with Gasteiger partial charge in [-0.1, -0.05) is 13.8 Å². The lowest BCUT2D eigenvalue weighted by atomic mass is 9.84. The number of nitrogens with zero attached hydrogens (tertiary/aromatic N) is 1. The zero-order valence-corrected chi connectivity index (χ0v) is 6.76. The van der Waals surface area contributed by atoms with Gasteiger partial charge >= 0.3 is 0 Å². The van der Waals surface area contributed by atoms with Crippen molar-refractivity contribution >= 4 is 6.29 Å². The van der Waals surface area contributed by atoms with Crippen LogP contribution in [0.15, 0.2) is 0 Å². The standard InChI is InChI=1S/C8H15NO/c1-8(2)6-9(7-8)4-3-5-10/h5H,3-4,6-7H2,1-2H3. The van der Waals surface area contributed by atoms with Gasteiger partial charge in [0.05, 0.1) is 0 Å². The molecule has 0 unspecified atom stereocenters. The van der Waals surface area contributed by atoms with Crippen LogP contribution in [0.2, 0.25) is 0 Å². The predicted molar refractivity (Wildman–Crippen MR) is 40.9 cm³/mol. The molecule has 0 aromatic carbocycles. The van der Waals surface area contributed by atoms with Gasteiger partial charge in [0.25, 0.3) is 0 Å². The van der Waals surface area contributed by atoms with Gasteiger partial charge < -0.3 is 9.69 Å². The number of rotatable bonds is 3. The minimum absolute atomic E-state index is 0.503. The molecule has 0 N–H and O–H groups in total. The highest BCUT2D eigenvalue weighted by molar-refractivity contribution is 5.49. The van der Waals surface area contributed by atoms with Gasteiger partial charge in [0.15, 0.2) is 0 Å². The van der Waals surface area contributed by atoms with E-state index in [0.29, 0.717) is 11.8 Å². The highest BCUT2D eigenvalue weighted by atomic mass is 16.1. The first-order valence-electron chi connectivity index (χ1n) is 3.80. The SMILES string of the molecule is CC1(C)CN(CCC=O)C1. The normalized spacial score (nSPS) is 23.8. The van der Waals surface area contributed by atoms with Crippen molar-refractivity contribution in [1.82, 2.24) is 4.90 Å². The fraction of sp³-hybridized carbons (Fsp3) is 0.875. The molecule has 1 rings (SSSR count). The van der Waals surface area contributed by atoms with E-state index in [-0.39, 0.29) is 0 Å². The van der Waals surface area contributed by atoms with E-state index in [1.165, 1.54) is 0 Å². The van der Waals surface area contributed by atoms with E-state index in [0.717, 1.165) is 25.9 Å². The van der Waals surface area contributed by atoms with Crippen LogP contribution >= 0.6 is 0 Å². The molecule has 0 aromatic heterocycles. The number of hydrogen-bond donors (Lipinski definition) is 0. The maximum absolute atomic E-state index is 9.98. The highest BCUT2D eigenvalue weighted by Gasteiger charge is 2.32. The maximum atomic E-state index is 9.98. The molecular weight excluding hydrogens is 126 g/mol. The van der Waals surface area contributed by atoms with E-state index in [9.17, 15) is 4.79 Å². The summed E-state index contributed by atoms with van der Waals surface area (Å²) in [4.78, 5) is 12.3. The number of likely N-dealkylation sites (tertiary alicyclic amines) is 1. The molecule has 1 aliphatic heterocycles. The van der Waals surface area contributed by atoms with Crippen LogP contribution in [0.3, 0.4) is 0 Å². The topological polar surface area (TPSA) is 20.3 Å². The van der Waals surface area contributed by atoms with Crippen molar-refractivity contribution in [1.29, 1.82) is 0 Å². The second-order valence-electron chi connectivity index (χ2n) is 3.83. The number of carbonyl (C=O) groups excluding carboxylic acids is 1. The summed E-state index contributed by atoms with van der Waals surface area (Å²) in [6, 6.07) is 0. The van der Waals surface area contributed by atoms with Crippen molar-refractivity contribution in [3.05, 3.63) is 0 Å². The van der Waals surface area contributed by atoms with Gasteiger partial charge in [0, 0.05) is 26.1 Å². The Morgan fingerprint density at radius 1 is 1.50 bits per heavy atom. The molecule has 0 bridgehead atoms. The minimum Gasteiger partial charge on any atom is -0.303 e. The number of hydrogen-bond acceptors (Lipinski definition) is 2. The van der Waals surface area contributed by atoms with E-state index in [4.69, 9.17) is 0 Å². The molecule has 0 radical (unpaired) electrons. The summed E-state index contributed by atoms with van der Waals surface area (Å²) in [5.41, 5.74) is 0.503. The van der Waals surface area contributed by atoms with Crippen molar-refractivity contribution < 1.29 is 4.79 Å². The van der Waals surface area contributed by atoms with Crippen molar-refractivity contribution in [3.8, 4) is 0 Å². The van der Waals surface area contributed by atoms with Crippen LogP contribution in [0.25, 0.3) is 0 Å². The third-order valence-electron chi connectivity index (χ3n) is 1.87. The van der Waals surface area contributed by atoms with Crippen molar-refractivity contribution in [3.63, 3.8) is 0 Å². The van der Waals surface area contributed by atoms with Crippen molar-refractivity contribution in [2.75, 3.05) is 19.6 Å². The first kappa shape index (κ1) is 7.73. The van der Waals surface area contributed by atoms with Gasteiger partial charge in [-0.05, 0) is 5.41 Å². The Morgan fingerprint density at radius 3 is 2.50 bits per heavy atom. The monoisotopic (exact) mass is 141 g/mol. The molecule has 1 saturated heterocycles. The summed E-state index contributed by atoms with van der Waals surface area (Å²) in [7, 11) is 0. The van der Waals surface area contributed by atoms with Gasteiger partial charge in [0.1, 0.15) is 6.29 Å². The number of aldehydes is 1. The van der Waals surface area contributed by atoms with Crippen LogP contribution in [0.4, 0.5) is 0 Å². The second-order valence-corrected chi connectivity index (χ2v) is 3.83. The third-order valence-corrected chi connectivity index (χ3v) is 1.87.